The van der Waals surface area contributed by atoms with Gasteiger partial charge in [0.05, 0.1) is 22.3 Å². The number of halogens is 3. The third kappa shape index (κ3) is 4.90. The standard InChI is InChI=1S/C22H14Cl2FN3O2S/c23-13-4-7-17(8-5-13)28-21(30)18-9-6-14(24)10-19(18)27-22(28)31-12-20(29)26-16-3-1-2-15(25)11-16/h1-11H,12H2,(H,26,29). The van der Waals surface area contributed by atoms with Crippen molar-refractivity contribution in [2.45, 2.75) is 5.16 Å². The first-order valence-electron chi connectivity index (χ1n) is 9.07. The SMILES string of the molecule is O=C(CSc1nc2cc(Cl)ccc2c(=O)n1-c1ccc(Cl)cc1)Nc1cccc(F)c1. The van der Waals surface area contributed by atoms with E-state index in [9.17, 15) is 14.0 Å². The number of nitrogens with zero attached hydrogens (tertiary/aromatic N) is 2. The van der Waals surface area contributed by atoms with Crippen LogP contribution in [-0.4, -0.2) is 21.2 Å². The highest BCUT2D eigenvalue weighted by molar-refractivity contribution is 7.99. The number of hydrogen-bond donors (Lipinski definition) is 1. The van der Waals surface area contributed by atoms with Gasteiger partial charge >= 0.3 is 0 Å². The van der Waals surface area contributed by atoms with Crippen molar-refractivity contribution in [2.24, 2.45) is 0 Å². The molecular weight excluding hydrogens is 460 g/mol. The van der Waals surface area contributed by atoms with Crippen LogP contribution in [-0.2, 0) is 4.79 Å². The average Bonchev–Trinajstić information content (AvgIpc) is 2.73. The van der Waals surface area contributed by atoms with Crippen molar-refractivity contribution >= 4 is 57.5 Å². The van der Waals surface area contributed by atoms with E-state index in [0.29, 0.717) is 37.5 Å². The van der Waals surface area contributed by atoms with Gasteiger partial charge in [0.25, 0.3) is 5.56 Å². The normalized spacial score (nSPS) is 10.9. The lowest BCUT2D eigenvalue weighted by Gasteiger charge is -2.13. The maximum absolute atomic E-state index is 13.3. The quantitative estimate of drug-likeness (QED) is 0.304. The first-order chi connectivity index (χ1) is 14.9. The fraction of sp³-hybridized carbons (Fsp3) is 0.0455. The van der Waals surface area contributed by atoms with E-state index in [1.807, 2.05) is 0 Å². The van der Waals surface area contributed by atoms with Crippen LogP contribution in [0.1, 0.15) is 0 Å². The van der Waals surface area contributed by atoms with Gasteiger partial charge in [0.1, 0.15) is 5.82 Å². The number of aromatic nitrogens is 2. The van der Waals surface area contributed by atoms with Gasteiger partial charge in [-0.2, -0.15) is 0 Å². The van der Waals surface area contributed by atoms with Crippen LogP contribution in [0.3, 0.4) is 0 Å². The van der Waals surface area contributed by atoms with Crippen LogP contribution in [0, 0.1) is 5.82 Å². The van der Waals surface area contributed by atoms with Crippen molar-refractivity contribution in [3.05, 3.63) is 92.9 Å². The summed E-state index contributed by atoms with van der Waals surface area (Å²) in [6.45, 7) is 0. The zero-order valence-electron chi connectivity index (χ0n) is 15.8. The Balaban J connectivity index is 1.69. The summed E-state index contributed by atoms with van der Waals surface area (Å²) in [5, 5.41) is 4.32. The number of thioether (sulfide) groups is 1. The zero-order chi connectivity index (χ0) is 22.0. The molecule has 0 saturated carbocycles. The Kier molecular flexibility index (Phi) is 6.27. The maximum Gasteiger partial charge on any atom is 0.266 e. The van der Waals surface area contributed by atoms with Crippen LogP contribution in [0.15, 0.2) is 76.7 Å². The van der Waals surface area contributed by atoms with Gasteiger partial charge in [0.2, 0.25) is 5.91 Å². The number of amides is 1. The van der Waals surface area contributed by atoms with E-state index in [1.54, 1.807) is 48.5 Å². The van der Waals surface area contributed by atoms with Gasteiger partial charge < -0.3 is 5.32 Å². The predicted octanol–water partition coefficient (Wildman–Crippen LogP) is 5.56. The van der Waals surface area contributed by atoms with Gasteiger partial charge in [-0.15, -0.1) is 0 Å². The third-order valence-electron chi connectivity index (χ3n) is 4.33. The molecule has 0 saturated heterocycles. The molecule has 3 aromatic carbocycles. The predicted molar refractivity (Wildman–Crippen MR) is 123 cm³/mol. The van der Waals surface area contributed by atoms with Gasteiger partial charge in [0.15, 0.2) is 5.16 Å². The van der Waals surface area contributed by atoms with E-state index in [0.717, 1.165) is 11.8 Å². The minimum absolute atomic E-state index is 0.0391. The van der Waals surface area contributed by atoms with Crippen LogP contribution in [0.25, 0.3) is 16.6 Å². The Bertz CT molecular complexity index is 1340. The maximum atomic E-state index is 13.3. The summed E-state index contributed by atoms with van der Waals surface area (Å²) in [6.07, 6.45) is 0. The van der Waals surface area contributed by atoms with Gasteiger partial charge in [-0.3, -0.25) is 14.2 Å². The summed E-state index contributed by atoms with van der Waals surface area (Å²) in [5.41, 5.74) is 1.04. The lowest BCUT2D eigenvalue weighted by atomic mass is 10.2. The monoisotopic (exact) mass is 473 g/mol. The number of carbonyl (C=O) groups excluding carboxylic acids is 1. The molecule has 0 fully saturated rings. The van der Waals surface area contributed by atoms with Crippen LogP contribution >= 0.6 is 35.0 Å². The van der Waals surface area contributed by atoms with Crippen molar-refractivity contribution < 1.29 is 9.18 Å². The highest BCUT2D eigenvalue weighted by Gasteiger charge is 2.15. The number of nitrogens with one attached hydrogen (secondary N) is 1. The lowest BCUT2D eigenvalue weighted by Crippen LogP contribution is -2.23. The molecule has 156 valence electrons. The molecule has 1 heterocycles. The molecule has 0 aliphatic carbocycles. The molecule has 4 rings (SSSR count). The van der Waals surface area contributed by atoms with Crippen molar-refractivity contribution in [3.63, 3.8) is 0 Å². The molecule has 1 aromatic heterocycles. The molecule has 0 unspecified atom stereocenters. The van der Waals surface area contributed by atoms with Gasteiger partial charge in [0, 0.05) is 15.7 Å². The van der Waals surface area contributed by atoms with Crippen molar-refractivity contribution in [1.82, 2.24) is 9.55 Å². The Morgan fingerprint density at radius 2 is 1.77 bits per heavy atom. The first-order valence-corrected chi connectivity index (χ1v) is 10.8. The number of fused-ring (bicyclic) bond motifs is 1. The van der Waals surface area contributed by atoms with Crippen molar-refractivity contribution in [3.8, 4) is 5.69 Å². The topological polar surface area (TPSA) is 64.0 Å². The van der Waals surface area contributed by atoms with Crippen LogP contribution in [0.2, 0.25) is 10.0 Å². The molecule has 31 heavy (non-hydrogen) atoms. The Morgan fingerprint density at radius 3 is 2.52 bits per heavy atom. The van der Waals surface area contributed by atoms with Crippen LogP contribution in [0.5, 0.6) is 0 Å². The molecule has 0 radical (unpaired) electrons. The molecule has 1 amide bonds. The second-order valence-electron chi connectivity index (χ2n) is 6.52. The molecule has 1 N–H and O–H groups in total. The zero-order valence-corrected chi connectivity index (χ0v) is 18.1. The molecule has 9 heteroatoms. The third-order valence-corrected chi connectivity index (χ3v) is 5.75. The number of benzene rings is 3. The first kappa shape index (κ1) is 21.4. The number of rotatable bonds is 5. The van der Waals surface area contributed by atoms with Crippen LogP contribution in [0.4, 0.5) is 10.1 Å². The Labute approximate surface area is 190 Å². The molecule has 5 nitrogen and oxygen atoms in total. The number of hydrogen-bond acceptors (Lipinski definition) is 4. The van der Waals surface area contributed by atoms with E-state index in [-0.39, 0.29) is 17.2 Å². The second-order valence-corrected chi connectivity index (χ2v) is 8.34. The Morgan fingerprint density at radius 1 is 1.03 bits per heavy atom. The minimum atomic E-state index is -0.449. The largest absolute Gasteiger partial charge is 0.325 e. The molecule has 0 aliphatic rings. The minimum Gasteiger partial charge on any atom is -0.325 e. The van der Waals surface area contributed by atoms with E-state index in [4.69, 9.17) is 23.2 Å². The molecule has 0 spiro atoms. The van der Waals surface area contributed by atoms with E-state index >= 15 is 0 Å². The van der Waals surface area contributed by atoms with Gasteiger partial charge in [-0.25, -0.2) is 9.37 Å². The van der Waals surface area contributed by atoms with Crippen molar-refractivity contribution in [2.75, 3.05) is 11.1 Å². The summed E-state index contributed by atoms with van der Waals surface area (Å²) in [4.78, 5) is 30.2. The molecule has 4 aromatic rings. The van der Waals surface area contributed by atoms with E-state index < -0.39 is 5.82 Å². The smallest absolute Gasteiger partial charge is 0.266 e. The van der Waals surface area contributed by atoms with Gasteiger partial charge in [-0.05, 0) is 60.7 Å². The highest BCUT2D eigenvalue weighted by atomic mass is 35.5. The van der Waals surface area contributed by atoms with Crippen LogP contribution < -0.4 is 10.9 Å². The van der Waals surface area contributed by atoms with Gasteiger partial charge in [-0.1, -0.05) is 41.0 Å². The summed E-state index contributed by atoms with van der Waals surface area (Å²) >= 11 is 13.1. The summed E-state index contributed by atoms with van der Waals surface area (Å²) in [5.74, 6) is -0.850. The van der Waals surface area contributed by atoms with E-state index in [1.165, 1.54) is 22.8 Å². The summed E-state index contributed by atoms with van der Waals surface area (Å²) in [6, 6.07) is 17.2. The lowest BCUT2D eigenvalue weighted by molar-refractivity contribution is -0.113. The molecule has 0 atom stereocenters. The fourth-order valence-electron chi connectivity index (χ4n) is 2.95. The number of carbonyl (C=O) groups is 1. The van der Waals surface area contributed by atoms with Crippen molar-refractivity contribution in [1.29, 1.82) is 0 Å². The fourth-order valence-corrected chi connectivity index (χ4v) is 4.05. The molecule has 0 bridgehead atoms. The highest BCUT2D eigenvalue weighted by Crippen LogP contribution is 2.24. The van der Waals surface area contributed by atoms with E-state index in [2.05, 4.69) is 10.3 Å². The number of anilines is 1. The molecule has 0 aliphatic heterocycles. The second kappa shape index (κ2) is 9.09. The summed E-state index contributed by atoms with van der Waals surface area (Å²) < 4.78 is 14.8. The average molecular weight is 474 g/mol. The summed E-state index contributed by atoms with van der Waals surface area (Å²) in [7, 11) is 0. The Hall–Kier alpha value is -2.87. The molecular formula is C22H14Cl2FN3O2S.